The maximum Gasteiger partial charge on any atom is 0.407 e. The van der Waals surface area contributed by atoms with Crippen molar-refractivity contribution >= 4 is 24.0 Å². The first kappa shape index (κ1) is 34.0. The zero-order chi connectivity index (χ0) is 35.0. The Bertz CT molecular complexity index is 1680. The highest BCUT2D eigenvalue weighted by molar-refractivity contribution is 5.88. The van der Waals surface area contributed by atoms with Crippen molar-refractivity contribution < 1.29 is 28.7 Å². The number of benzene rings is 1. The number of methoxy groups -OCH3 is 2. The molecule has 4 amide bonds. The van der Waals surface area contributed by atoms with Gasteiger partial charge in [0, 0.05) is 12.1 Å². The smallest absolute Gasteiger partial charge is 0.407 e. The zero-order valence-electron chi connectivity index (χ0n) is 28.9. The Kier molecular flexibility index (Phi) is 9.66. The van der Waals surface area contributed by atoms with E-state index >= 15 is 0 Å². The molecular formula is C35H46N8O6. The second-order valence-corrected chi connectivity index (χ2v) is 13.8. The van der Waals surface area contributed by atoms with Crippen LogP contribution in [0.3, 0.4) is 0 Å². The van der Waals surface area contributed by atoms with Crippen molar-refractivity contribution in [3.05, 3.63) is 48.3 Å². The lowest BCUT2D eigenvalue weighted by atomic mass is 9.88. The van der Waals surface area contributed by atoms with Crippen LogP contribution in [-0.2, 0) is 19.1 Å². The molecule has 6 rings (SSSR count). The summed E-state index contributed by atoms with van der Waals surface area (Å²) in [6.45, 7) is 7.80. The van der Waals surface area contributed by atoms with Crippen LogP contribution in [-0.4, -0.2) is 92.1 Å². The molecule has 3 saturated heterocycles. The third-order valence-corrected chi connectivity index (χ3v) is 10.3. The number of hydrogen-bond donors (Lipinski definition) is 4. The number of H-pyrrole nitrogens is 2. The molecule has 0 saturated carbocycles. The summed E-state index contributed by atoms with van der Waals surface area (Å²) in [4.78, 5) is 71.1. The Morgan fingerprint density at radius 3 is 2.00 bits per heavy atom. The first-order chi connectivity index (χ1) is 23.5. The van der Waals surface area contributed by atoms with Crippen LogP contribution in [0.25, 0.3) is 22.5 Å². The Morgan fingerprint density at radius 2 is 1.43 bits per heavy atom. The summed E-state index contributed by atoms with van der Waals surface area (Å²) in [5.41, 5.74) is 3.55. The molecule has 262 valence electrons. The Morgan fingerprint density at radius 1 is 0.857 bits per heavy atom. The van der Waals surface area contributed by atoms with Gasteiger partial charge in [0.15, 0.2) is 0 Å². The summed E-state index contributed by atoms with van der Waals surface area (Å²) in [7, 11) is 2.58. The number of hydrogen-bond acceptors (Lipinski definition) is 8. The van der Waals surface area contributed by atoms with Gasteiger partial charge in [-0.3, -0.25) is 9.59 Å². The highest BCUT2D eigenvalue weighted by Gasteiger charge is 2.48. The molecule has 1 unspecified atom stereocenters. The Hall–Kier alpha value is -4.88. The number of aromatic nitrogens is 4. The van der Waals surface area contributed by atoms with Crippen LogP contribution in [0.5, 0.6) is 0 Å². The monoisotopic (exact) mass is 674 g/mol. The largest absolute Gasteiger partial charge is 0.453 e. The molecule has 3 fully saturated rings. The molecular weight excluding hydrogens is 628 g/mol. The maximum atomic E-state index is 13.7. The van der Waals surface area contributed by atoms with Crippen LogP contribution >= 0.6 is 0 Å². The van der Waals surface area contributed by atoms with E-state index in [1.54, 1.807) is 12.4 Å². The minimum absolute atomic E-state index is 0.00464. The van der Waals surface area contributed by atoms with Gasteiger partial charge in [0.05, 0.1) is 50.1 Å². The standard InChI is InChI=1S/C35H46N8O6/c1-18(2)28(40-34(46)48-5)32(44)42-20(4)7-13-26(42)30-36-16-24(38-30)21-8-10-22(11-9-21)25-17-37-31(39-25)27-14-12-23-15-19(3)29(33(45)43(23)27)41-35(47)49-6/h8-11,16-20,23,26-29H,7,12-15H2,1-6H3,(H,36,38)(H,37,39)(H,40,46)(H,41,47)/t19?,20-,23+,26-,27-,28-,29-/m0/s1. The number of ether oxygens (including phenoxy) is 2. The molecule has 5 heterocycles. The highest BCUT2D eigenvalue weighted by Crippen LogP contribution is 2.42. The minimum Gasteiger partial charge on any atom is -0.453 e. The quantitative estimate of drug-likeness (QED) is 0.266. The SMILES string of the molecule is COC(=O)N[C@H](C(=O)N1[C@@H](C)CC[C@H]1c1ncc(-c2ccc(-c3cnc([C@@H]4CC[C@@H]5CC(C)[C@H](NC(=O)OC)C(=O)N54)[nH]3)cc2)[nH]1)C(C)C. The molecule has 0 aliphatic carbocycles. The molecule has 4 N–H and O–H groups in total. The summed E-state index contributed by atoms with van der Waals surface area (Å²) in [6.07, 6.45) is 6.41. The number of nitrogens with one attached hydrogen (secondary N) is 4. The van der Waals surface area contributed by atoms with Crippen molar-refractivity contribution in [3.63, 3.8) is 0 Å². The van der Waals surface area contributed by atoms with Crippen LogP contribution in [0.1, 0.15) is 83.5 Å². The van der Waals surface area contributed by atoms with Gasteiger partial charge in [-0.15, -0.1) is 0 Å². The number of piperidine rings is 1. The van der Waals surface area contributed by atoms with Gasteiger partial charge in [0.2, 0.25) is 11.8 Å². The lowest BCUT2D eigenvalue weighted by Crippen LogP contribution is -2.58. The van der Waals surface area contributed by atoms with Crippen molar-refractivity contribution in [2.45, 2.75) is 96.1 Å². The number of carbonyl (C=O) groups is 4. The second-order valence-electron chi connectivity index (χ2n) is 13.8. The third kappa shape index (κ3) is 6.60. The van der Waals surface area contributed by atoms with E-state index in [1.807, 2.05) is 61.8 Å². The second kappa shape index (κ2) is 13.9. The summed E-state index contributed by atoms with van der Waals surface area (Å²) >= 11 is 0. The van der Waals surface area contributed by atoms with Gasteiger partial charge < -0.3 is 39.9 Å². The number of aromatic amines is 2. The maximum absolute atomic E-state index is 13.7. The molecule has 49 heavy (non-hydrogen) atoms. The number of alkyl carbamates (subject to hydrolysis) is 2. The first-order valence-corrected chi connectivity index (χ1v) is 17.0. The molecule has 1 aromatic carbocycles. The molecule has 7 atom stereocenters. The number of imidazole rings is 2. The molecule has 14 nitrogen and oxygen atoms in total. The predicted octanol–water partition coefficient (Wildman–Crippen LogP) is 4.70. The fraction of sp³-hybridized carbons (Fsp3) is 0.543. The summed E-state index contributed by atoms with van der Waals surface area (Å²) in [5.74, 6) is 1.07. The van der Waals surface area contributed by atoms with E-state index in [-0.39, 0.29) is 47.8 Å². The van der Waals surface area contributed by atoms with Crippen LogP contribution in [0.4, 0.5) is 9.59 Å². The van der Waals surface area contributed by atoms with Gasteiger partial charge in [-0.2, -0.15) is 0 Å². The van der Waals surface area contributed by atoms with E-state index in [2.05, 4.69) is 30.6 Å². The number of nitrogens with zero attached hydrogens (tertiary/aromatic N) is 4. The number of carbonyl (C=O) groups excluding carboxylic acids is 4. The molecule has 3 aliphatic rings. The molecule has 0 spiro atoms. The van der Waals surface area contributed by atoms with Gasteiger partial charge in [-0.05, 0) is 62.0 Å². The van der Waals surface area contributed by atoms with Gasteiger partial charge in [-0.1, -0.05) is 45.0 Å². The van der Waals surface area contributed by atoms with E-state index in [9.17, 15) is 19.2 Å². The van der Waals surface area contributed by atoms with Gasteiger partial charge in [0.25, 0.3) is 0 Å². The number of rotatable bonds is 8. The van der Waals surface area contributed by atoms with Crippen molar-refractivity contribution in [3.8, 4) is 22.5 Å². The molecule has 14 heteroatoms. The van der Waals surface area contributed by atoms with Crippen LogP contribution in [0.15, 0.2) is 36.7 Å². The van der Waals surface area contributed by atoms with Crippen molar-refractivity contribution in [1.82, 2.24) is 40.4 Å². The fourth-order valence-electron chi connectivity index (χ4n) is 7.69. The Balaban J connectivity index is 1.15. The van der Waals surface area contributed by atoms with Crippen molar-refractivity contribution in [1.29, 1.82) is 0 Å². The molecule has 2 aromatic heterocycles. The number of amides is 4. The first-order valence-electron chi connectivity index (χ1n) is 17.0. The summed E-state index contributed by atoms with van der Waals surface area (Å²) in [6, 6.07) is 6.36. The van der Waals surface area contributed by atoms with Gasteiger partial charge in [0.1, 0.15) is 23.7 Å². The van der Waals surface area contributed by atoms with E-state index in [4.69, 9.17) is 9.47 Å². The average Bonchev–Trinajstić information content (AvgIpc) is 3.91. The van der Waals surface area contributed by atoms with Crippen LogP contribution < -0.4 is 10.6 Å². The lowest BCUT2D eigenvalue weighted by molar-refractivity contribution is -0.142. The van der Waals surface area contributed by atoms with E-state index in [0.717, 1.165) is 60.4 Å². The van der Waals surface area contributed by atoms with E-state index < -0.39 is 24.3 Å². The number of likely N-dealkylation sites (tertiary alicyclic amines) is 1. The highest BCUT2D eigenvalue weighted by atomic mass is 16.5. The molecule has 3 aliphatic heterocycles. The van der Waals surface area contributed by atoms with Crippen molar-refractivity contribution in [2.24, 2.45) is 11.8 Å². The van der Waals surface area contributed by atoms with Crippen molar-refractivity contribution in [2.75, 3.05) is 14.2 Å². The third-order valence-electron chi connectivity index (χ3n) is 10.3. The molecule has 0 bridgehead atoms. The normalized spacial score (nSPS) is 25.7. The van der Waals surface area contributed by atoms with E-state index in [1.165, 1.54) is 14.2 Å². The van der Waals surface area contributed by atoms with Crippen LogP contribution in [0.2, 0.25) is 0 Å². The molecule has 0 radical (unpaired) electrons. The van der Waals surface area contributed by atoms with Gasteiger partial charge in [-0.25, -0.2) is 19.6 Å². The molecule has 3 aromatic rings. The lowest BCUT2D eigenvalue weighted by Gasteiger charge is -2.41. The van der Waals surface area contributed by atoms with Crippen LogP contribution in [0, 0.1) is 11.8 Å². The summed E-state index contributed by atoms with van der Waals surface area (Å²) in [5, 5.41) is 5.42. The fourth-order valence-corrected chi connectivity index (χ4v) is 7.69. The number of fused-ring (bicyclic) bond motifs is 1. The summed E-state index contributed by atoms with van der Waals surface area (Å²) < 4.78 is 9.52. The topological polar surface area (TPSA) is 175 Å². The zero-order valence-corrected chi connectivity index (χ0v) is 28.9. The van der Waals surface area contributed by atoms with E-state index in [0.29, 0.717) is 5.82 Å². The van der Waals surface area contributed by atoms with Gasteiger partial charge >= 0.3 is 12.2 Å². The minimum atomic E-state index is -0.708. The average molecular weight is 675 g/mol. The Labute approximate surface area is 285 Å². The predicted molar refractivity (Wildman–Crippen MR) is 180 cm³/mol.